The van der Waals surface area contributed by atoms with Crippen molar-refractivity contribution in [3.8, 4) is 0 Å². The summed E-state index contributed by atoms with van der Waals surface area (Å²) in [4.78, 5) is 24.3. The fourth-order valence-corrected chi connectivity index (χ4v) is 2.47. The molecule has 3 N–H and O–H groups in total. The van der Waals surface area contributed by atoms with E-state index in [1.54, 1.807) is 0 Å². The molecule has 0 unspecified atom stereocenters. The largest absolute Gasteiger partial charge is 0.332 e. The van der Waals surface area contributed by atoms with Gasteiger partial charge in [0.05, 0.1) is 0 Å². The van der Waals surface area contributed by atoms with E-state index >= 15 is 0 Å². The van der Waals surface area contributed by atoms with Crippen molar-refractivity contribution in [1.29, 1.82) is 0 Å². The van der Waals surface area contributed by atoms with Gasteiger partial charge in [0.15, 0.2) is 0 Å². The summed E-state index contributed by atoms with van der Waals surface area (Å²) in [5.74, 6) is 5.79. The summed E-state index contributed by atoms with van der Waals surface area (Å²) in [6, 6.07) is 11.5. The monoisotopic (exact) mass is 302 g/mol. The maximum atomic E-state index is 12.4. The number of nitrogens with one attached hydrogen (secondary N) is 1. The Labute approximate surface area is 129 Å². The summed E-state index contributed by atoms with van der Waals surface area (Å²) in [6.45, 7) is 2.86. The van der Waals surface area contributed by atoms with Crippen LogP contribution in [0.15, 0.2) is 46.0 Å². The van der Waals surface area contributed by atoms with E-state index in [1.165, 1.54) is 20.8 Å². The average molecular weight is 302 g/mol. The zero-order valence-corrected chi connectivity index (χ0v) is 12.8. The van der Waals surface area contributed by atoms with Gasteiger partial charge in [0.1, 0.15) is 5.82 Å². The fraction of sp³-hybridized carbons (Fsp3) is 0.375. The van der Waals surface area contributed by atoms with E-state index in [-0.39, 0.29) is 11.2 Å². The average Bonchev–Trinajstić information content (AvgIpc) is 2.54. The molecular formula is C16H22N4O2. The minimum Gasteiger partial charge on any atom is -0.310 e. The summed E-state index contributed by atoms with van der Waals surface area (Å²) in [5, 5.41) is 0. The van der Waals surface area contributed by atoms with Gasteiger partial charge in [0.2, 0.25) is 0 Å². The number of anilines is 1. The Morgan fingerprint density at radius 3 is 2.45 bits per heavy atom. The topological polar surface area (TPSA) is 82.0 Å². The van der Waals surface area contributed by atoms with Crippen LogP contribution in [-0.4, -0.2) is 9.13 Å². The Bertz CT molecular complexity index is 719. The van der Waals surface area contributed by atoms with Gasteiger partial charge in [-0.25, -0.2) is 10.6 Å². The molecule has 2 aromatic rings. The molecule has 0 saturated heterocycles. The number of aromatic nitrogens is 2. The van der Waals surface area contributed by atoms with Crippen molar-refractivity contribution in [2.75, 3.05) is 5.43 Å². The highest BCUT2D eigenvalue weighted by atomic mass is 16.2. The number of nitrogen functional groups attached to an aromatic ring is 1. The third kappa shape index (κ3) is 3.65. The highest BCUT2D eigenvalue weighted by Crippen LogP contribution is 2.06. The molecule has 0 fully saturated rings. The molecular weight excluding hydrogens is 280 g/mol. The van der Waals surface area contributed by atoms with Crippen LogP contribution in [0.1, 0.15) is 25.3 Å². The van der Waals surface area contributed by atoms with Crippen molar-refractivity contribution in [2.45, 2.75) is 39.3 Å². The normalized spacial score (nSPS) is 10.6. The first-order valence-electron chi connectivity index (χ1n) is 7.52. The lowest BCUT2D eigenvalue weighted by atomic mass is 10.1. The molecule has 1 heterocycles. The molecule has 0 radical (unpaired) electrons. The van der Waals surface area contributed by atoms with Gasteiger partial charge in [-0.1, -0.05) is 37.3 Å². The smallest absolute Gasteiger partial charge is 0.310 e. The first-order chi connectivity index (χ1) is 10.7. The number of hydrogen-bond donors (Lipinski definition) is 2. The molecule has 118 valence electrons. The number of nitrogens with two attached hydrogens (primary N) is 1. The van der Waals surface area contributed by atoms with Crippen LogP contribution in [0.25, 0.3) is 0 Å². The molecule has 1 aromatic carbocycles. The Hall–Kier alpha value is -2.34. The van der Waals surface area contributed by atoms with Gasteiger partial charge in [-0.05, 0) is 24.8 Å². The molecule has 0 saturated carbocycles. The maximum Gasteiger partial charge on any atom is 0.332 e. The van der Waals surface area contributed by atoms with Crippen molar-refractivity contribution < 1.29 is 0 Å². The predicted molar refractivity (Wildman–Crippen MR) is 87.8 cm³/mol. The quantitative estimate of drug-likeness (QED) is 0.597. The Morgan fingerprint density at radius 2 is 1.82 bits per heavy atom. The van der Waals surface area contributed by atoms with Crippen LogP contribution in [0.4, 0.5) is 5.82 Å². The van der Waals surface area contributed by atoms with Crippen molar-refractivity contribution in [3.05, 3.63) is 62.8 Å². The second-order valence-corrected chi connectivity index (χ2v) is 5.19. The Balaban J connectivity index is 2.20. The molecule has 0 aliphatic carbocycles. The first-order valence-corrected chi connectivity index (χ1v) is 7.52. The minimum absolute atomic E-state index is 0.310. The van der Waals surface area contributed by atoms with Crippen LogP contribution >= 0.6 is 0 Å². The van der Waals surface area contributed by atoms with Crippen molar-refractivity contribution in [2.24, 2.45) is 5.84 Å². The molecule has 2 rings (SSSR count). The van der Waals surface area contributed by atoms with Gasteiger partial charge in [0, 0.05) is 19.2 Å². The molecule has 22 heavy (non-hydrogen) atoms. The van der Waals surface area contributed by atoms with E-state index in [9.17, 15) is 9.59 Å². The van der Waals surface area contributed by atoms with Crippen LogP contribution in [0.2, 0.25) is 0 Å². The molecule has 6 nitrogen and oxygen atoms in total. The SMILES string of the molecule is CCCn1c(=O)cc(NN)n(CCCc2ccccc2)c1=O. The predicted octanol–water partition coefficient (Wildman–Crippen LogP) is 1.34. The van der Waals surface area contributed by atoms with Gasteiger partial charge >= 0.3 is 5.69 Å². The summed E-state index contributed by atoms with van der Waals surface area (Å²) < 4.78 is 2.78. The van der Waals surface area contributed by atoms with Crippen molar-refractivity contribution in [1.82, 2.24) is 9.13 Å². The number of benzene rings is 1. The minimum atomic E-state index is -0.320. The number of nitrogens with zero attached hydrogens (tertiary/aromatic N) is 2. The molecule has 1 aromatic heterocycles. The number of hydrazine groups is 1. The molecule has 0 aliphatic heterocycles. The van der Waals surface area contributed by atoms with Gasteiger partial charge in [0.25, 0.3) is 5.56 Å². The summed E-state index contributed by atoms with van der Waals surface area (Å²) >= 11 is 0. The molecule has 0 amide bonds. The second kappa shape index (κ2) is 7.61. The summed E-state index contributed by atoms with van der Waals surface area (Å²) in [5.41, 5.74) is 3.04. The Kier molecular flexibility index (Phi) is 5.55. The number of hydrogen-bond acceptors (Lipinski definition) is 4. The van der Waals surface area contributed by atoms with Gasteiger partial charge in [-0.2, -0.15) is 0 Å². The standard InChI is InChI=1S/C16H22N4O2/c1-2-10-20-15(21)12-14(18-17)19(16(20)22)11-6-9-13-7-4-3-5-8-13/h3-5,7-8,12,18H,2,6,9-11,17H2,1H3. The zero-order valence-electron chi connectivity index (χ0n) is 12.8. The van der Waals surface area contributed by atoms with E-state index < -0.39 is 0 Å². The number of aryl methyl sites for hydroxylation is 1. The lowest BCUT2D eigenvalue weighted by molar-refractivity contribution is 0.535. The van der Waals surface area contributed by atoms with Crippen molar-refractivity contribution >= 4 is 5.82 Å². The van der Waals surface area contributed by atoms with E-state index in [1.807, 2.05) is 25.1 Å². The molecule has 6 heteroatoms. The van der Waals surface area contributed by atoms with E-state index in [2.05, 4.69) is 17.6 Å². The first kappa shape index (κ1) is 16.0. The summed E-state index contributed by atoms with van der Waals surface area (Å²) in [7, 11) is 0. The van der Waals surface area contributed by atoms with Gasteiger partial charge in [-0.15, -0.1) is 0 Å². The molecule has 0 atom stereocenters. The lowest BCUT2D eigenvalue weighted by Crippen LogP contribution is -2.41. The van der Waals surface area contributed by atoms with E-state index in [0.717, 1.165) is 19.3 Å². The van der Waals surface area contributed by atoms with Crippen LogP contribution in [0, 0.1) is 0 Å². The highest BCUT2D eigenvalue weighted by molar-refractivity contribution is 5.32. The van der Waals surface area contributed by atoms with Gasteiger partial charge < -0.3 is 5.43 Å². The van der Waals surface area contributed by atoms with Crippen LogP contribution in [0.3, 0.4) is 0 Å². The molecule has 0 bridgehead atoms. The third-order valence-electron chi connectivity index (χ3n) is 3.56. The summed E-state index contributed by atoms with van der Waals surface area (Å²) in [6.07, 6.45) is 2.39. The molecule has 0 aliphatic rings. The highest BCUT2D eigenvalue weighted by Gasteiger charge is 2.10. The maximum absolute atomic E-state index is 12.4. The fourth-order valence-electron chi connectivity index (χ4n) is 2.47. The number of rotatable bonds is 7. The van der Waals surface area contributed by atoms with Crippen LogP contribution < -0.4 is 22.5 Å². The molecule has 0 spiro atoms. The lowest BCUT2D eigenvalue weighted by Gasteiger charge is -2.14. The van der Waals surface area contributed by atoms with Crippen LogP contribution in [-0.2, 0) is 19.5 Å². The van der Waals surface area contributed by atoms with E-state index in [0.29, 0.717) is 18.9 Å². The van der Waals surface area contributed by atoms with Crippen molar-refractivity contribution in [3.63, 3.8) is 0 Å². The third-order valence-corrected chi connectivity index (χ3v) is 3.56. The Morgan fingerprint density at radius 1 is 1.09 bits per heavy atom. The van der Waals surface area contributed by atoms with E-state index in [4.69, 9.17) is 5.84 Å². The van der Waals surface area contributed by atoms with Gasteiger partial charge in [-0.3, -0.25) is 13.9 Å². The van der Waals surface area contributed by atoms with Crippen LogP contribution in [0.5, 0.6) is 0 Å². The zero-order chi connectivity index (χ0) is 15.9. The second-order valence-electron chi connectivity index (χ2n) is 5.19.